The van der Waals surface area contributed by atoms with Crippen molar-refractivity contribution in [1.29, 1.82) is 0 Å². The fourth-order valence-corrected chi connectivity index (χ4v) is 4.53. The number of carbonyl (C=O) groups is 2. The molecule has 2 aromatic rings. The molecule has 1 saturated heterocycles. The van der Waals surface area contributed by atoms with E-state index in [0.29, 0.717) is 11.6 Å². The monoisotopic (exact) mass is 355 g/mol. The van der Waals surface area contributed by atoms with Gasteiger partial charge in [-0.25, -0.2) is 4.98 Å². The summed E-state index contributed by atoms with van der Waals surface area (Å²) in [5.41, 5.74) is 3.31. The molecule has 130 valence electrons. The molecule has 1 aromatic carbocycles. The van der Waals surface area contributed by atoms with Crippen molar-refractivity contribution in [1.82, 2.24) is 10.3 Å². The number of thiazole rings is 1. The molecule has 2 heterocycles. The van der Waals surface area contributed by atoms with Gasteiger partial charge in [-0.3, -0.25) is 14.5 Å². The van der Waals surface area contributed by atoms with Crippen LogP contribution in [0.15, 0.2) is 29.6 Å². The maximum Gasteiger partial charge on any atom is 0.228 e. The summed E-state index contributed by atoms with van der Waals surface area (Å²) in [6.45, 7) is 0.733. The average molecular weight is 355 g/mol. The number of nitrogens with one attached hydrogen (secondary N) is 1. The van der Waals surface area contributed by atoms with E-state index in [1.54, 1.807) is 4.90 Å². The molecular weight excluding hydrogens is 334 g/mol. The highest BCUT2D eigenvalue weighted by Gasteiger charge is 2.25. The number of rotatable bonds is 4. The van der Waals surface area contributed by atoms with Crippen LogP contribution in [-0.4, -0.2) is 23.3 Å². The quantitative estimate of drug-likeness (QED) is 0.917. The summed E-state index contributed by atoms with van der Waals surface area (Å²) in [6, 6.07) is 8.44. The second-order valence-electron chi connectivity index (χ2n) is 6.66. The minimum atomic E-state index is -0.00805. The van der Waals surface area contributed by atoms with Crippen LogP contribution in [0.5, 0.6) is 0 Å². The molecule has 0 radical (unpaired) electrons. The molecule has 1 atom stereocenters. The first-order valence-electron chi connectivity index (χ1n) is 8.82. The van der Waals surface area contributed by atoms with Gasteiger partial charge in [0.2, 0.25) is 11.8 Å². The molecule has 0 unspecified atom stereocenters. The van der Waals surface area contributed by atoms with Gasteiger partial charge in [-0.2, -0.15) is 0 Å². The summed E-state index contributed by atoms with van der Waals surface area (Å²) in [6.07, 6.45) is 4.90. The van der Waals surface area contributed by atoms with Crippen LogP contribution in [0.1, 0.15) is 48.5 Å². The Labute approximate surface area is 151 Å². The molecule has 1 N–H and O–H groups in total. The first kappa shape index (κ1) is 16.3. The van der Waals surface area contributed by atoms with Crippen molar-refractivity contribution in [2.45, 2.75) is 44.6 Å². The summed E-state index contributed by atoms with van der Waals surface area (Å²) >= 11 is 1.44. The third kappa shape index (κ3) is 3.44. The molecule has 6 heteroatoms. The molecule has 2 amide bonds. The zero-order valence-electron chi connectivity index (χ0n) is 14.0. The Balaban J connectivity index is 1.40. The molecule has 0 saturated carbocycles. The van der Waals surface area contributed by atoms with Crippen molar-refractivity contribution in [2.24, 2.45) is 0 Å². The van der Waals surface area contributed by atoms with Gasteiger partial charge in [-0.1, -0.05) is 24.3 Å². The summed E-state index contributed by atoms with van der Waals surface area (Å²) in [5, 5.41) is 5.76. The summed E-state index contributed by atoms with van der Waals surface area (Å²) < 4.78 is 0. The molecule has 1 aliphatic heterocycles. The third-order valence-corrected chi connectivity index (χ3v) is 5.80. The Hall–Kier alpha value is -2.21. The van der Waals surface area contributed by atoms with Gasteiger partial charge in [-0.15, -0.1) is 11.3 Å². The number of nitrogens with zero attached hydrogens (tertiary/aromatic N) is 2. The standard InChI is InChI=1S/C19H21N3O2S/c23-17(21-16-8-3-6-13-5-1-2-7-15(13)16)11-14-12-25-19(20-14)22-10-4-9-18(22)24/h1-2,5,7,12,16H,3-4,6,8-11H2,(H,21,23)/t16-/m0/s1. The van der Waals surface area contributed by atoms with Gasteiger partial charge in [0.25, 0.3) is 0 Å². The Morgan fingerprint density at radius 1 is 1.28 bits per heavy atom. The molecule has 1 aromatic heterocycles. The zero-order valence-corrected chi connectivity index (χ0v) is 14.8. The lowest BCUT2D eigenvalue weighted by molar-refractivity contribution is -0.121. The van der Waals surface area contributed by atoms with Crippen LogP contribution >= 0.6 is 11.3 Å². The van der Waals surface area contributed by atoms with Gasteiger partial charge in [0, 0.05) is 18.3 Å². The molecule has 5 nitrogen and oxygen atoms in total. The van der Waals surface area contributed by atoms with Crippen molar-refractivity contribution in [2.75, 3.05) is 11.4 Å². The lowest BCUT2D eigenvalue weighted by Crippen LogP contribution is -2.32. The topological polar surface area (TPSA) is 62.3 Å². The number of aromatic nitrogens is 1. The first-order valence-corrected chi connectivity index (χ1v) is 9.70. The van der Waals surface area contributed by atoms with Crippen LogP contribution < -0.4 is 10.2 Å². The number of hydrogen-bond donors (Lipinski definition) is 1. The predicted molar refractivity (Wildman–Crippen MR) is 97.7 cm³/mol. The van der Waals surface area contributed by atoms with Crippen molar-refractivity contribution in [3.8, 4) is 0 Å². The van der Waals surface area contributed by atoms with Gasteiger partial charge in [0.1, 0.15) is 0 Å². The number of anilines is 1. The number of amides is 2. The Kier molecular flexibility index (Phi) is 4.53. The van der Waals surface area contributed by atoms with Gasteiger partial charge in [0.15, 0.2) is 5.13 Å². The summed E-state index contributed by atoms with van der Waals surface area (Å²) in [4.78, 5) is 30.5. The predicted octanol–water partition coefficient (Wildman–Crippen LogP) is 3.01. The van der Waals surface area contributed by atoms with E-state index in [1.165, 1.54) is 22.5 Å². The second kappa shape index (κ2) is 6.96. The second-order valence-corrected chi connectivity index (χ2v) is 7.49. The van der Waals surface area contributed by atoms with Crippen LogP contribution in [0.2, 0.25) is 0 Å². The van der Waals surface area contributed by atoms with E-state index < -0.39 is 0 Å². The fraction of sp³-hybridized carbons (Fsp3) is 0.421. The largest absolute Gasteiger partial charge is 0.349 e. The van der Waals surface area contributed by atoms with E-state index >= 15 is 0 Å². The fourth-order valence-electron chi connectivity index (χ4n) is 3.67. The lowest BCUT2D eigenvalue weighted by Gasteiger charge is -2.26. The van der Waals surface area contributed by atoms with Gasteiger partial charge >= 0.3 is 0 Å². The van der Waals surface area contributed by atoms with E-state index in [4.69, 9.17) is 0 Å². The number of aryl methyl sites for hydroxylation is 1. The van der Waals surface area contributed by atoms with Crippen LogP contribution in [-0.2, 0) is 22.4 Å². The van der Waals surface area contributed by atoms with Crippen LogP contribution in [0.4, 0.5) is 5.13 Å². The van der Waals surface area contributed by atoms with Crippen molar-refractivity contribution >= 4 is 28.3 Å². The number of benzene rings is 1. The highest BCUT2D eigenvalue weighted by atomic mass is 32.1. The van der Waals surface area contributed by atoms with E-state index in [1.807, 2.05) is 11.4 Å². The van der Waals surface area contributed by atoms with Crippen LogP contribution in [0.3, 0.4) is 0 Å². The molecule has 1 aliphatic carbocycles. The molecule has 0 bridgehead atoms. The normalized spacial score (nSPS) is 19.8. The van der Waals surface area contributed by atoms with E-state index in [0.717, 1.165) is 37.9 Å². The molecule has 4 rings (SSSR count). The lowest BCUT2D eigenvalue weighted by atomic mass is 9.87. The molecule has 25 heavy (non-hydrogen) atoms. The Morgan fingerprint density at radius 3 is 3.00 bits per heavy atom. The molecule has 1 fully saturated rings. The highest BCUT2D eigenvalue weighted by Crippen LogP contribution is 2.30. The highest BCUT2D eigenvalue weighted by molar-refractivity contribution is 7.14. The average Bonchev–Trinajstić information content (AvgIpc) is 3.24. The zero-order chi connectivity index (χ0) is 17.2. The third-order valence-electron chi connectivity index (χ3n) is 4.89. The van der Waals surface area contributed by atoms with Gasteiger partial charge < -0.3 is 5.32 Å². The van der Waals surface area contributed by atoms with Crippen molar-refractivity contribution < 1.29 is 9.59 Å². The molecular formula is C19H21N3O2S. The minimum absolute atomic E-state index is 0.00805. The number of hydrogen-bond acceptors (Lipinski definition) is 4. The SMILES string of the molecule is O=C(Cc1csc(N2CCCC2=O)n1)N[C@H]1CCCc2ccccc21. The first-order chi connectivity index (χ1) is 12.2. The van der Waals surface area contributed by atoms with Crippen molar-refractivity contribution in [3.05, 3.63) is 46.5 Å². The van der Waals surface area contributed by atoms with Crippen molar-refractivity contribution in [3.63, 3.8) is 0 Å². The summed E-state index contributed by atoms with van der Waals surface area (Å²) in [5.74, 6) is 0.121. The van der Waals surface area contributed by atoms with E-state index in [9.17, 15) is 9.59 Å². The maximum absolute atomic E-state index is 12.5. The maximum atomic E-state index is 12.5. The summed E-state index contributed by atoms with van der Waals surface area (Å²) in [7, 11) is 0. The Bertz CT molecular complexity index is 801. The van der Waals surface area contributed by atoms with Gasteiger partial charge in [0.05, 0.1) is 18.2 Å². The Morgan fingerprint density at radius 2 is 2.16 bits per heavy atom. The number of fused-ring (bicyclic) bond motifs is 1. The minimum Gasteiger partial charge on any atom is -0.349 e. The number of carbonyl (C=O) groups excluding carboxylic acids is 2. The smallest absolute Gasteiger partial charge is 0.228 e. The van der Waals surface area contributed by atoms with E-state index in [2.05, 4.69) is 28.5 Å². The van der Waals surface area contributed by atoms with E-state index in [-0.39, 0.29) is 24.3 Å². The van der Waals surface area contributed by atoms with Crippen LogP contribution in [0.25, 0.3) is 0 Å². The molecule has 0 spiro atoms. The van der Waals surface area contributed by atoms with Crippen LogP contribution in [0, 0.1) is 0 Å². The molecule has 2 aliphatic rings. The van der Waals surface area contributed by atoms with Gasteiger partial charge in [-0.05, 0) is 36.8 Å².